The third kappa shape index (κ3) is 5.07. The van der Waals surface area contributed by atoms with E-state index in [2.05, 4.69) is 16.0 Å². The van der Waals surface area contributed by atoms with Crippen LogP contribution in [0.1, 0.15) is 30.2 Å². The van der Waals surface area contributed by atoms with E-state index in [4.69, 9.17) is 4.42 Å². The van der Waals surface area contributed by atoms with Gasteiger partial charge in [0.25, 0.3) is 0 Å². The van der Waals surface area contributed by atoms with Crippen molar-refractivity contribution in [3.05, 3.63) is 59.8 Å². The van der Waals surface area contributed by atoms with Gasteiger partial charge in [-0.25, -0.2) is 9.18 Å². The molecule has 1 aliphatic carbocycles. The molecule has 3 rings (SSSR count). The fourth-order valence-electron chi connectivity index (χ4n) is 2.60. The Morgan fingerprint density at radius 3 is 2.56 bits per heavy atom. The van der Waals surface area contributed by atoms with Gasteiger partial charge in [-0.3, -0.25) is 4.79 Å². The van der Waals surface area contributed by atoms with Gasteiger partial charge >= 0.3 is 6.03 Å². The summed E-state index contributed by atoms with van der Waals surface area (Å²) in [6, 6.07) is 9.02. The third-order valence-electron chi connectivity index (χ3n) is 4.05. The van der Waals surface area contributed by atoms with E-state index in [9.17, 15) is 14.0 Å². The highest BCUT2D eigenvalue weighted by atomic mass is 19.1. The monoisotopic (exact) mass is 345 g/mol. The molecule has 0 saturated heterocycles. The molecule has 0 aliphatic heterocycles. The number of hydrogen-bond donors (Lipinski definition) is 3. The van der Waals surface area contributed by atoms with Gasteiger partial charge < -0.3 is 20.4 Å². The van der Waals surface area contributed by atoms with E-state index in [-0.39, 0.29) is 30.9 Å². The van der Waals surface area contributed by atoms with E-state index in [0.29, 0.717) is 11.7 Å². The molecule has 1 heterocycles. The van der Waals surface area contributed by atoms with Crippen LogP contribution in [0, 0.1) is 11.7 Å². The lowest BCUT2D eigenvalue weighted by Crippen LogP contribution is -2.43. The second kappa shape index (κ2) is 7.83. The molecule has 0 bridgehead atoms. The highest BCUT2D eigenvalue weighted by Crippen LogP contribution is 2.40. The molecule has 1 fully saturated rings. The molecule has 1 saturated carbocycles. The van der Waals surface area contributed by atoms with E-state index in [1.807, 2.05) is 0 Å². The van der Waals surface area contributed by atoms with Crippen LogP contribution in [0.2, 0.25) is 0 Å². The van der Waals surface area contributed by atoms with E-state index in [1.165, 1.54) is 18.4 Å². The van der Waals surface area contributed by atoms with E-state index >= 15 is 0 Å². The summed E-state index contributed by atoms with van der Waals surface area (Å²) >= 11 is 0. The standard InChI is InChI=1S/C18H20FN3O3/c19-14-7-5-13(6-8-14)17(12-3-4-12)22-16(23)11-21-18(24)20-10-15-2-1-9-25-15/h1-2,5-9,12,17H,3-4,10-11H2,(H,22,23)(H2,20,21,24). The second-order valence-corrected chi connectivity index (χ2v) is 6.05. The molecule has 132 valence electrons. The van der Waals surface area contributed by atoms with Crippen LogP contribution < -0.4 is 16.0 Å². The number of rotatable bonds is 7. The molecule has 1 atom stereocenters. The summed E-state index contributed by atoms with van der Waals surface area (Å²) in [5.74, 6) is 0.404. The zero-order valence-corrected chi connectivity index (χ0v) is 13.6. The van der Waals surface area contributed by atoms with Gasteiger partial charge in [0.05, 0.1) is 25.4 Å². The quantitative estimate of drug-likeness (QED) is 0.721. The topological polar surface area (TPSA) is 83.4 Å². The first-order valence-electron chi connectivity index (χ1n) is 8.21. The van der Waals surface area contributed by atoms with Crippen molar-refractivity contribution in [2.75, 3.05) is 6.54 Å². The van der Waals surface area contributed by atoms with Crippen molar-refractivity contribution in [1.29, 1.82) is 0 Å². The molecule has 1 aliphatic rings. The molecule has 2 aromatic rings. The van der Waals surface area contributed by atoms with Crippen LogP contribution in [-0.4, -0.2) is 18.5 Å². The number of benzene rings is 1. The number of amides is 3. The Morgan fingerprint density at radius 2 is 1.92 bits per heavy atom. The summed E-state index contributed by atoms with van der Waals surface area (Å²) in [6.07, 6.45) is 3.58. The number of hydrogen-bond acceptors (Lipinski definition) is 3. The van der Waals surface area contributed by atoms with Crippen LogP contribution in [0.3, 0.4) is 0 Å². The lowest BCUT2D eigenvalue weighted by Gasteiger charge is -2.19. The van der Waals surface area contributed by atoms with Crippen molar-refractivity contribution >= 4 is 11.9 Å². The Labute approximate surface area is 144 Å². The smallest absolute Gasteiger partial charge is 0.315 e. The number of urea groups is 1. The molecule has 3 N–H and O–H groups in total. The predicted octanol–water partition coefficient (Wildman–Crippen LogP) is 2.49. The molecular formula is C18H20FN3O3. The van der Waals surface area contributed by atoms with Crippen LogP contribution >= 0.6 is 0 Å². The highest BCUT2D eigenvalue weighted by Gasteiger charge is 2.33. The first-order chi connectivity index (χ1) is 12.1. The van der Waals surface area contributed by atoms with Crippen LogP contribution in [-0.2, 0) is 11.3 Å². The summed E-state index contributed by atoms with van der Waals surface area (Å²) in [5.41, 5.74) is 0.875. The van der Waals surface area contributed by atoms with Crippen LogP contribution in [0.25, 0.3) is 0 Å². The minimum absolute atomic E-state index is 0.131. The Bertz CT molecular complexity index is 712. The second-order valence-electron chi connectivity index (χ2n) is 6.05. The lowest BCUT2D eigenvalue weighted by atomic mass is 10.0. The van der Waals surface area contributed by atoms with Crippen molar-refractivity contribution in [1.82, 2.24) is 16.0 Å². The largest absolute Gasteiger partial charge is 0.467 e. The fraction of sp³-hybridized carbons (Fsp3) is 0.333. The van der Waals surface area contributed by atoms with Gasteiger partial charge in [0.15, 0.2) is 0 Å². The summed E-state index contributed by atoms with van der Waals surface area (Å²) in [4.78, 5) is 23.8. The average Bonchev–Trinajstić information content (AvgIpc) is 3.32. The molecule has 1 aromatic heterocycles. The molecule has 6 nitrogen and oxygen atoms in total. The minimum atomic E-state index is -0.448. The SMILES string of the molecule is O=C(CNC(=O)NCc1ccco1)NC(c1ccc(F)cc1)C1CC1. The minimum Gasteiger partial charge on any atom is -0.467 e. The first-order valence-corrected chi connectivity index (χ1v) is 8.21. The van der Waals surface area contributed by atoms with Gasteiger partial charge in [-0.05, 0) is 48.6 Å². The maximum atomic E-state index is 13.1. The maximum absolute atomic E-state index is 13.1. The summed E-state index contributed by atoms with van der Waals surface area (Å²) in [7, 11) is 0. The first kappa shape index (κ1) is 17.0. The third-order valence-corrected chi connectivity index (χ3v) is 4.05. The van der Waals surface area contributed by atoms with Crippen molar-refractivity contribution in [2.45, 2.75) is 25.4 Å². The molecule has 3 amide bonds. The van der Waals surface area contributed by atoms with Gasteiger partial charge in [0, 0.05) is 0 Å². The van der Waals surface area contributed by atoms with Crippen molar-refractivity contribution < 1.29 is 18.4 Å². The number of nitrogens with one attached hydrogen (secondary N) is 3. The fourth-order valence-corrected chi connectivity index (χ4v) is 2.60. The van der Waals surface area contributed by atoms with Gasteiger partial charge in [-0.15, -0.1) is 0 Å². The summed E-state index contributed by atoms with van der Waals surface area (Å²) < 4.78 is 18.2. The van der Waals surface area contributed by atoms with Crippen molar-refractivity contribution in [3.8, 4) is 0 Å². The van der Waals surface area contributed by atoms with Crippen molar-refractivity contribution in [3.63, 3.8) is 0 Å². The highest BCUT2D eigenvalue weighted by molar-refractivity contribution is 5.84. The van der Waals surface area contributed by atoms with Crippen LogP contribution in [0.4, 0.5) is 9.18 Å². The van der Waals surface area contributed by atoms with Gasteiger partial charge in [0.1, 0.15) is 11.6 Å². The Balaban J connectivity index is 1.45. The number of halogens is 1. The van der Waals surface area contributed by atoms with Crippen LogP contribution in [0.5, 0.6) is 0 Å². The maximum Gasteiger partial charge on any atom is 0.315 e. The Kier molecular flexibility index (Phi) is 5.33. The summed E-state index contributed by atoms with van der Waals surface area (Å²) in [5, 5.41) is 8.03. The Hall–Kier alpha value is -2.83. The van der Waals surface area contributed by atoms with E-state index in [1.54, 1.807) is 24.3 Å². The number of furan rings is 1. The Morgan fingerprint density at radius 1 is 1.16 bits per heavy atom. The molecule has 1 aromatic carbocycles. The molecule has 7 heteroatoms. The zero-order valence-electron chi connectivity index (χ0n) is 13.6. The number of carbonyl (C=O) groups is 2. The number of carbonyl (C=O) groups excluding carboxylic acids is 2. The van der Waals surface area contributed by atoms with Gasteiger partial charge in [0.2, 0.25) is 5.91 Å². The molecule has 25 heavy (non-hydrogen) atoms. The molecule has 0 radical (unpaired) electrons. The van der Waals surface area contributed by atoms with Crippen LogP contribution in [0.15, 0.2) is 47.1 Å². The lowest BCUT2D eigenvalue weighted by molar-refractivity contribution is -0.121. The van der Waals surface area contributed by atoms with Gasteiger partial charge in [-0.2, -0.15) is 0 Å². The predicted molar refractivity (Wildman–Crippen MR) is 89.0 cm³/mol. The summed E-state index contributed by atoms with van der Waals surface area (Å²) in [6.45, 7) is 0.120. The zero-order chi connectivity index (χ0) is 17.6. The molecule has 0 spiro atoms. The van der Waals surface area contributed by atoms with E-state index < -0.39 is 6.03 Å². The van der Waals surface area contributed by atoms with Crippen molar-refractivity contribution in [2.24, 2.45) is 5.92 Å². The van der Waals surface area contributed by atoms with E-state index in [0.717, 1.165) is 18.4 Å². The van der Waals surface area contributed by atoms with Gasteiger partial charge in [-0.1, -0.05) is 12.1 Å². The average molecular weight is 345 g/mol. The molecular weight excluding hydrogens is 325 g/mol. The molecule has 1 unspecified atom stereocenters. The normalized spacial score (nSPS) is 14.6.